The Labute approximate surface area is 122 Å². The van der Waals surface area contributed by atoms with Gasteiger partial charge in [-0.05, 0) is 31.6 Å². The predicted molar refractivity (Wildman–Crippen MR) is 79.2 cm³/mol. The molecule has 0 atom stereocenters. The highest BCUT2D eigenvalue weighted by atomic mass is 16.2. The second-order valence-electron chi connectivity index (χ2n) is 6.75. The molecule has 0 bridgehead atoms. The van der Waals surface area contributed by atoms with Gasteiger partial charge in [0.1, 0.15) is 0 Å². The molecular weight excluding hydrogens is 252 g/mol. The topological polar surface area (TPSA) is 49.4 Å². The van der Waals surface area contributed by atoms with Gasteiger partial charge in [0.05, 0.1) is 0 Å². The molecule has 4 heteroatoms. The lowest BCUT2D eigenvalue weighted by molar-refractivity contribution is -0.136. The summed E-state index contributed by atoms with van der Waals surface area (Å²) in [6, 6.07) is 0.258. The molecule has 1 saturated carbocycles. The molecule has 4 nitrogen and oxygen atoms in total. The van der Waals surface area contributed by atoms with Crippen molar-refractivity contribution in [2.75, 3.05) is 13.1 Å². The molecule has 1 heterocycles. The molecule has 2 amide bonds. The van der Waals surface area contributed by atoms with Crippen molar-refractivity contribution in [2.24, 2.45) is 11.8 Å². The van der Waals surface area contributed by atoms with E-state index in [1.807, 2.05) is 4.90 Å². The first-order valence-corrected chi connectivity index (χ1v) is 8.14. The second kappa shape index (κ2) is 7.09. The number of nitrogens with zero attached hydrogens (tertiary/aromatic N) is 1. The highest BCUT2D eigenvalue weighted by Crippen LogP contribution is 2.27. The van der Waals surface area contributed by atoms with Gasteiger partial charge in [-0.1, -0.05) is 26.7 Å². The third-order valence-electron chi connectivity index (χ3n) is 4.47. The van der Waals surface area contributed by atoms with Crippen molar-refractivity contribution in [3.05, 3.63) is 0 Å². The van der Waals surface area contributed by atoms with Crippen molar-refractivity contribution in [2.45, 2.75) is 64.8 Å². The van der Waals surface area contributed by atoms with E-state index in [0.29, 0.717) is 18.2 Å². The van der Waals surface area contributed by atoms with Crippen LogP contribution in [-0.4, -0.2) is 35.8 Å². The Morgan fingerprint density at radius 1 is 1.10 bits per heavy atom. The number of hydrogen-bond acceptors (Lipinski definition) is 2. The molecule has 20 heavy (non-hydrogen) atoms. The normalized spacial score (nSPS) is 21.4. The summed E-state index contributed by atoms with van der Waals surface area (Å²) < 4.78 is 0. The van der Waals surface area contributed by atoms with Crippen LogP contribution in [0.25, 0.3) is 0 Å². The molecule has 2 fully saturated rings. The van der Waals surface area contributed by atoms with E-state index >= 15 is 0 Å². The average Bonchev–Trinajstić information content (AvgIpc) is 2.91. The molecule has 0 unspecified atom stereocenters. The van der Waals surface area contributed by atoms with E-state index in [-0.39, 0.29) is 17.9 Å². The van der Waals surface area contributed by atoms with Crippen molar-refractivity contribution in [1.82, 2.24) is 10.2 Å². The standard InChI is InChI=1S/C16H28N2O2/c1-12(2)11-15(19)17-14-7-9-18(10-8-14)16(20)13-5-3-4-6-13/h12-14H,3-11H2,1-2H3,(H,17,19). The van der Waals surface area contributed by atoms with Gasteiger partial charge in [0.15, 0.2) is 0 Å². The van der Waals surface area contributed by atoms with Gasteiger partial charge >= 0.3 is 0 Å². The zero-order valence-electron chi connectivity index (χ0n) is 12.9. The quantitative estimate of drug-likeness (QED) is 0.859. The fraction of sp³-hybridized carbons (Fsp3) is 0.875. The van der Waals surface area contributed by atoms with Crippen LogP contribution in [0.2, 0.25) is 0 Å². The minimum atomic E-state index is 0.153. The number of carbonyl (C=O) groups excluding carboxylic acids is 2. The molecule has 1 N–H and O–H groups in total. The smallest absolute Gasteiger partial charge is 0.225 e. The van der Waals surface area contributed by atoms with Gasteiger partial charge in [0.2, 0.25) is 11.8 Å². The van der Waals surface area contributed by atoms with E-state index in [1.165, 1.54) is 12.8 Å². The van der Waals surface area contributed by atoms with Crippen LogP contribution in [0.4, 0.5) is 0 Å². The van der Waals surface area contributed by atoms with Gasteiger partial charge in [-0.3, -0.25) is 9.59 Å². The van der Waals surface area contributed by atoms with Crippen LogP contribution in [0.3, 0.4) is 0 Å². The Bertz CT molecular complexity index is 340. The molecule has 0 radical (unpaired) electrons. The van der Waals surface area contributed by atoms with Gasteiger partial charge in [-0.25, -0.2) is 0 Å². The minimum Gasteiger partial charge on any atom is -0.353 e. The molecule has 114 valence electrons. The summed E-state index contributed by atoms with van der Waals surface area (Å²) in [6.07, 6.45) is 6.97. The van der Waals surface area contributed by atoms with Gasteiger partial charge in [-0.15, -0.1) is 0 Å². The van der Waals surface area contributed by atoms with Crippen LogP contribution >= 0.6 is 0 Å². The number of rotatable bonds is 4. The Morgan fingerprint density at radius 3 is 2.25 bits per heavy atom. The van der Waals surface area contributed by atoms with Gasteiger partial charge in [-0.2, -0.15) is 0 Å². The lowest BCUT2D eigenvalue weighted by Gasteiger charge is -2.34. The zero-order chi connectivity index (χ0) is 14.5. The Hall–Kier alpha value is -1.06. The lowest BCUT2D eigenvalue weighted by Crippen LogP contribution is -2.48. The summed E-state index contributed by atoms with van der Waals surface area (Å²) in [6.45, 7) is 5.73. The third kappa shape index (κ3) is 4.22. The summed E-state index contributed by atoms with van der Waals surface area (Å²) in [5.74, 6) is 1.19. The minimum absolute atomic E-state index is 0.153. The van der Waals surface area contributed by atoms with E-state index in [4.69, 9.17) is 0 Å². The Morgan fingerprint density at radius 2 is 1.70 bits per heavy atom. The maximum atomic E-state index is 12.3. The number of hydrogen-bond donors (Lipinski definition) is 1. The first-order chi connectivity index (χ1) is 9.56. The van der Waals surface area contributed by atoms with Gasteiger partial charge in [0, 0.05) is 31.5 Å². The number of piperidine rings is 1. The van der Waals surface area contributed by atoms with Crippen LogP contribution in [-0.2, 0) is 9.59 Å². The first kappa shape index (κ1) is 15.3. The molecule has 2 rings (SSSR count). The van der Waals surface area contributed by atoms with Crippen molar-refractivity contribution in [1.29, 1.82) is 0 Å². The molecule has 0 aromatic heterocycles. The maximum Gasteiger partial charge on any atom is 0.225 e. The van der Waals surface area contributed by atoms with E-state index in [0.717, 1.165) is 38.8 Å². The molecule has 1 aliphatic heterocycles. The monoisotopic (exact) mass is 280 g/mol. The number of nitrogens with one attached hydrogen (secondary N) is 1. The number of carbonyl (C=O) groups is 2. The highest BCUT2D eigenvalue weighted by molar-refractivity contribution is 5.79. The van der Waals surface area contributed by atoms with E-state index in [1.54, 1.807) is 0 Å². The molecule has 1 aliphatic carbocycles. The van der Waals surface area contributed by atoms with Crippen LogP contribution in [0.1, 0.15) is 58.8 Å². The maximum absolute atomic E-state index is 12.3. The average molecular weight is 280 g/mol. The fourth-order valence-electron chi connectivity index (χ4n) is 3.33. The summed E-state index contributed by atoms with van der Waals surface area (Å²) >= 11 is 0. The van der Waals surface area contributed by atoms with E-state index in [2.05, 4.69) is 19.2 Å². The van der Waals surface area contributed by atoms with Crippen molar-refractivity contribution >= 4 is 11.8 Å². The van der Waals surface area contributed by atoms with Crippen molar-refractivity contribution in [3.63, 3.8) is 0 Å². The molecule has 0 spiro atoms. The SMILES string of the molecule is CC(C)CC(=O)NC1CCN(C(=O)C2CCCC2)CC1. The number of likely N-dealkylation sites (tertiary alicyclic amines) is 1. The van der Waals surface area contributed by atoms with Crippen LogP contribution in [0, 0.1) is 11.8 Å². The third-order valence-corrected chi connectivity index (χ3v) is 4.47. The van der Waals surface area contributed by atoms with Gasteiger partial charge in [0.25, 0.3) is 0 Å². The Kier molecular flexibility index (Phi) is 5.44. The largest absolute Gasteiger partial charge is 0.353 e. The predicted octanol–water partition coefficient (Wildman–Crippen LogP) is 2.33. The van der Waals surface area contributed by atoms with E-state index in [9.17, 15) is 9.59 Å². The van der Waals surface area contributed by atoms with Crippen molar-refractivity contribution in [3.8, 4) is 0 Å². The fourth-order valence-corrected chi connectivity index (χ4v) is 3.33. The summed E-state index contributed by atoms with van der Waals surface area (Å²) in [4.78, 5) is 26.1. The van der Waals surface area contributed by atoms with Gasteiger partial charge < -0.3 is 10.2 Å². The summed E-state index contributed by atoms with van der Waals surface area (Å²) in [5, 5.41) is 3.10. The lowest BCUT2D eigenvalue weighted by atomic mass is 10.0. The molecular formula is C16H28N2O2. The first-order valence-electron chi connectivity index (χ1n) is 8.14. The number of amides is 2. The van der Waals surface area contributed by atoms with Crippen LogP contribution < -0.4 is 5.32 Å². The summed E-state index contributed by atoms with van der Waals surface area (Å²) in [7, 11) is 0. The molecule has 0 aromatic carbocycles. The molecule has 1 saturated heterocycles. The zero-order valence-corrected chi connectivity index (χ0v) is 12.9. The van der Waals surface area contributed by atoms with Crippen LogP contribution in [0.5, 0.6) is 0 Å². The second-order valence-corrected chi connectivity index (χ2v) is 6.75. The Balaban J connectivity index is 1.72. The summed E-state index contributed by atoms with van der Waals surface area (Å²) in [5.41, 5.74) is 0. The molecule has 0 aromatic rings. The van der Waals surface area contributed by atoms with E-state index < -0.39 is 0 Å². The van der Waals surface area contributed by atoms with Crippen molar-refractivity contribution < 1.29 is 9.59 Å². The van der Waals surface area contributed by atoms with Crippen LogP contribution in [0.15, 0.2) is 0 Å². The highest BCUT2D eigenvalue weighted by Gasteiger charge is 2.30. The molecule has 2 aliphatic rings.